The zero-order valence-corrected chi connectivity index (χ0v) is 9.10. The summed E-state index contributed by atoms with van der Waals surface area (Å²) in [6, 6.07) is -0.154. The zero-order chi connectivity index (χ0) is 11.8. The molecule has 0 aromatic carbocycles. The highest BCUT2D eigenvalue weighted by molar-refractivity contribution is 5.77. The third-order valence-corrected chi connectivity index (χ3v) is 1.99. The average Bonchev–Trinajstić information content (AvgIpc) is 2.21. The Kier molecular flexibility index (Phi) is 6.17. The quantitative estimate of drug-likeness (QED) is 0.682. The smallest absolute Gasteiger partial charge is 0.410 e. The topological polar surface area (TPSA) is 66.8 Å². The van der Waals surface area contributed by atoms with E-state index in [1.54, 1.807) is 6.92 Å². The standard InChI is InChI=1S/C10H17NO4/c1-4-6-15-10(14)11(7-9(12)13)8(3)5-2/h4,8H,1,5-7H2,2-3H3,(H,12,13). The molecule has 0 saturated carbocycles. The summed E-state index contributed by atoms with van der Waals surface area (Å²) in [5, 5.41) is 8.63. The number of rotatable bonds is 6. The fourth-order valence-corrected chi connectivity index (χ4v) is 0.980. The third-order valence-electron chi connectivity index (χ3n) is 1.99. The van der Waals surface area contributed by atoms with Gasteiger partial charge >= 0.3 is 12.1 Å². The molecule has 0 bridgehead atoms. The molecule has 5 heteroatoms. The van der Waals surface area contributed by atoms with Gasteiger partial charge in [-0.3, -0.25) is 9.69 Å². The Bertz CT molecular complexity index is 240. The maximum Gasteiger partial charge on any atom is 0.410 e. The van der Waals surface area contributed by atoms with Gasteiger partial charge in [0.25, 0.3) is 0 Å². The van der Waals surface area contributed by atoms with Crippen molar-refractivity contribution in [3.05, 3.63) is 12.7 Å². The van der Waals surface area contributed by atoms with Gasteiger partial charge in [-0.1, -0.05) is 19.6 Å². The van der Waals surface area contributed by atoms with E-state index >= 15 is 0 Å². The molecule has 0 aliphatic rings. The van der Waals surface area contributed by atoms with Crippen LogP contribution >= 0.6 is 0 Å². The van der Waals surface area contributed by atoms with Gasteiger partial charge in [0.1, 0.15) is 13.2 Å². The van der Waals surface area contributed by atoms with Crippen LogP contribution in [0.4, 0.5) is 4.79 Å². The maximum atomic E-state index is 11.4. The van der Waals surface area contributed by atoms with E-state index in [4.69, 9.17) is 9.84 Å². The predicted octanol–water partition coefficient (Wildman–Crippen LogP) is 1.49. The highest BCUT2D eigenvalue weighted by Gasteiger charge is 2.22. The first-order valence-electron chi connectivity index (χ1n) is 4.79. The number of carbonyl (C=O) groups is 2. The molecule has 0 aliphatic heterocycles. The number of carbonyl (C=O) groups excluding carboxylic acids is 1. The van der Waals surface area contributed by atoms with Crippen LogP contribution < -0.4 is 0 Å². The van der Waals surface area contributed by atoms with Crippen LogP contribution in [0.1, 0.15) is 20.3 Å². The number of hydrogen-bond acceptors (Lipinski definition) is 3. The Hall–Kier alpha value is -1.52. The Labute approximate surface area is 89.3 Å². The fourth-order valence-electron chi connectivity index (χ4n) is 0.980. The summed E-state index contributed by atoms with van der Waals surface area (Å²) in [5.74, 6) is -1.05. The SMILES string of the molecule is C=CCOC(=O)N(CC(=O)O)C(C)CC. The first kappa shape index (κ1) is 13.5. The first-order chi connectivity index (χ1) is 7.02. The first-order valence-corrected chi connectivity index (χ1v) is 4.79. The van der Waals surface area contributed by atoms with Crippen molar-refractivity contribution >= 4 is 12.1 Å². The molecule has 0 aromatic rings. The highest BCUT2D eigenvalue weighted by atomic mass is 16.6. The molecule has 0 rings (SSSR count). The van der Waals surface area contributed by atoms with E-state index in [-0.39, 0.29) is 19.2 Å². The summed E-state index contributed by atoms with van der Waals surface area (Å²) < 4.78 is 4.78. The van der Waals surface area contributed by atoms with Crippen LogP contribution in [0.5, 0.6) is 0 Å². The molecule has 0 aromatic heterocycles. The molecular formula is C10H17NO4. The normalized spacial score (nSPS) is 11.6. The lowest BCUT2D eigenvalue weighted by Crippen LogP contribution is -2.42. The molecule has 86 valence electrons. The van der Waals surface area contributed by atoms with Crippen molar-refractivity contribution in [3.8, 4) is 0 Å². The van der Waals surface area contributed by atoms with Gasteiger partial charge in [0.05, 0.1) is 0 Å². The number of amides is 1. The van der Waals surface area contributed by atoms with Crippen molar-refractivity contribution < 1.29 is 19.4 Å². The van der Waals surface area contributed by atoms with Crippen molar-refractivity contribution in [2.45, 2.75) is 26.3 Å². The second-order valence-corrected chi connectivity index (χ2v) is 3.14. The van der Waals surface area contributed by atoms with E-state index in [0.29, 0.717) is 6.42 Å². The van der Waals surface area contributed by atoms with Crippen molar-refractivity contribution in [2.24, 2.45) is 0 Å². The van der Waals surface area contributed by atoms with Gasteiger partial charge in [0.2, 0.25) is 0 Å². The van der Waals surface area contributed by atoms with E-state index < -0.39 is 12.1 Å². The van der Waals surface area contributed by atoms with E-state index in [1.165, 1.54) is 11.0 Å². The lowest BCUT2D eigenvalue weighted by molar-refractivity contribution is -0.138. The Balaban J connectivity index is 4.39. The number of ether oxygens (including phenoxy) is 1. The molecular weight excluding hydrogens is 198 g/mol. The molecule has 0 saturated heterocycles. The molecule has 5 nitrogen and oxygen atoms in total. The van der Waals surface area contributed by atoms with E-state index in [1.807, 2.05) is 6.92 Å². The number of hydrogen-bond donors (Lipinski definition) is 1. The summed E-state index contributed by atoms with van der Waals surface area (Å²) >= 11 is 0. The van der Waals surface area contributed by atoms with Gasteiger partial charge in [-0.15, -0.1) is 0 Å². The summed E-state index contributed by atoms with van der Waals surface area (Å²) in [6.07, 6.45) is 1.50. The van der Waals surface area contributed by atoms with Crippen molar-refractivity contribution in [3.63, 3.8) is 0 Å². The van der Waals surface area contributed by atoms with Crippen LogP contribution in [0.2, 0.25) is 0 Å². The monoisotopic (exact) mass is 215 g/mol. The van der Waals surface area contributed by atoms with Crippen LogP contribution in [0.25, 0.3) is 0 Å². The van der Waals surface area contributed by atoms with Crippen LogP contribution in [0.3, 0.4) is 0 Å². The molecule has 0 radical (unpaired) electrons. The van der Waals surface area contributed by atoms with Crippen LogP contribution in [0.15, 0.2) is 12.7 Å². The molecule has 1 N–H and O–H groups in total. The average molecular weight is 215 g/mol. The van der Waals surface area contributed by atoms with E-state index in [0.717, 1.165) is 0 Å². The summed E-state index contributed by atoms with van der Waals surface area (Å²) in [7, 11) is 0. The van der Waals surface area contributed by atoms with Crippen LogP contribution in [-0.4, -0.2) is 41.3 Å². The fraction of sp³-hybridized carbons (Fsp3) is 0.600. The lowest BCUT2D eigenvalue weighted by atomic mass is 10.2. The van der Waals surface area contributed by atoms with Crippen molar-refractivity contribution in [2.75, 3.05) is 13.2 Å². The number of carboxylic acid groups (broad SMARTS) is 1. The minimum atomic E-state index is -1.05. The van der Waals surface area contributed by atoms with Crippen LogP contribution in [0, 0.1) is 0 Å². The van der Waals surface area contributed by atoms with E-state index in [2.05, 4.69) is 6.58 Å². The lowest BCUT2D eigenvalue weighted by Gasteiger charge is -2.25. The van der Waals surface area contributed by atoms with E-state index in [9.17, 15) is 9.59 Å². The molecule has 1 atom stereocenters. The zero-order valence-electron chi connectivity index (χ0n) is 9.10. The molecule has 0 heterocycles. The number of aliphatic carboxylic acids is 1. The largest absolute Gasteiger partial charge is 0.480 e. The van der Waals surface area contributed by atoms with Crippen molar-refractivity contribution in [1.29, 1.82) is 0 Å². The second kappa shape index (κ2) is 6.86. The number of carboxylic acids is 1. The molecule has 15 heavy (non-hydrogen) atoms. The molecule has 0 spiro atoms. The minimum Gasteiger partial charge on any atom is -0.480 e. The Morgan fingerprint density at radius 2 is 2.20 bits per heavy atom. The van der Waals surface area contributed by atoms with Gasteiger partial charge in [-0.25, -0.2) is 4.79 Å². The second-order valence-electron chi connectivity index (χ2n) is 3.14. The summed E-state index contributed by atoms with van der Waals surface area (Å²) in [6.45, 7) is 6.80. The van der Waals surface area contributed by atoms with Gasteiger partial charge in [0, 0.05) is 6.04 Å². The molecule has 1 amide bonds. The number of nitrogens with zero attached hydrogens (tertiary/aromatic N) is 1. The third kappa shape index (κ3) is 5.05. The Morgan fingerprint density at radius 3 is 2.60 bits per heavy atom. The van der Waals surface area contributed by atoms with Gasteiger partial charge < -0.3 is 9.84 Å². The van der Waals surface area contributed by atoms with Gasteiger partial charge in [-0.2, -0.15) is 0 Å². The highest BCUT2D eigenvalue weighted by Crippen LogP contribution is 2.05. The Morgan fingerprint density at radius 1 is 1.60 bits per heavy atom. The molecule has 1 unspecified atom stereocenters. The molecule has 0 aliphatic carbocycles. The molecule has 0 fully saturated rings. The minimum absolute atomic E-state index is 0.0887. The van der Waals surface area contributed by atoms with Crippen LogP contribution in [-0.2, 0) is 9.53 Å². The maximum absolute atomic E-state index is 11.4. The predicted molar refractivity (Wildman–Crippen MR) is 55.6 cm³/mol. The van der Waals surface area contributed by atoms with Gasteiger partial charge in [-0.05, 0) is 13.3 Å². The van der Waals surface area contributed by atoms with Gasteiger partial charge in [0.15, 0.2) is 0 Å². The summed E-state index contributed by atoms with van der Waals surface area (Å²) in [5.41, 5.74) is 0. The van der Waals surface area contributed by atoms with Crippen molar-refractivity contribution in [1.82, 2.24) is 4.90 Å². The summed E-state index contributed by atoms with van der Waals surface area (Å²) in [4.78, 5) is 23.2.